The van der Waals surface area contributed by atoms with Crippen LogP contribution >= 0.6 is 11.6 Å². The predicted octanol–water partition coefficient (Wildman–Crippen LogP) is 4.23. The van der Waals surface area contributed by atoms with Gasteiger partial charge in [0.25, 0.3) is 5.91 Å². The van der Waals surface area contributed by atoms with Gasteiger partial charge in [0.15, 0.2) is 11.5 Å². The van der Waals surface area contributed by atoms with E-state index in [1.165, 1.54) is 25.2 Å². The topological polar surface area (TPSA) is 48.0 Å². The van der Waals surface area contributed by atoms with Crippen molar-refractivity contribution in [1.82, 2.24) is 4.90 Å². The second-order valence-corrected chi connectivity index (χ2v) is 5.81. The molecule has 0 atom stereocenters. The van der Waals surface area contributed by atoms with E-state index in [0.717, 1.165) is 0 Å². The number of halogens is 3. The Morgan fingerprint density at radius 1 is 1.08 bits per heavy atom. The Morgan fingerprint density at radius 3 is 2.38 bits per heavy atom. The molecule has 0 radical (unpaired) electrons. The number of hydrogen-bond acceptors (Lipinski definition) is 4. The predicted molar refractivity (Wildman–Crippen MR) is 93.4 cm³/mol. The number of nitrogens with zero attached hydrogens (tertiary/aromatic N) is 1. The first-order chi connectivity index (χ1) is 12.3. The molecular weight excluding hydrogens is 368 g/mol. The van der Waals surface area contributed by atoms with Crippen molar-refractivity contribution in [2.24, 2.45) is 0 Å². The van der Waals surface area contributed by atoms with Gasteiger partial charge >= 0.3 is 6.61 Å². The molecule has 2 aromatic rings. The summed E-state index contributed by atoms with van der Waals surface area (Å²) in [6.07, 6.45) is 0. The number of methoxy groups -OCH3 is 2. The lowest BCUT2D eigenvalue weighted by Crippen LogP contribution is -2.26. The second kappa shape index (κ2) is 8.71. The van der Waals surface area contributed by atoms with E-state index in [-0.39, 0.29) is 24.0 Å². The van der Waals surface area contributed by atoms with Crippen LogP contribution in [0.3, 0.4) is 0 Å². The van der Waals surface area contributed by atoms with Crippen LogP contribution in [-0.4, -0.2) is 38.7 Å². The van der Waals surface area contributed by atoms with Crippen LogP contribution in [0.5, 0.6) is 17.2 Å². The standard InChI is InChI=1S/C18H18ClF2NO4/c1-22(17(23)13-6-5-12(19)9-15(13)24-2)10-11-4-7-14(26-18(20)21)16(8-11)25-3/h4-9,18H,10H2,1-3H3. The molecular formula is C18H18ClF2NO4. The molecule has 0 N–H and O–H groups in total. The summed E-state index contributed by atoms with van der Waals surface area (Å²) >= 11 is 5.91. The van der Waals surface area contributed by atoms with E-state index in [1.807, 2.05) is 0 Å². The molecule has 140 valence electrons. The molecule has 0 aliphatic heterocycles. The first kappa shape index (κ1) is 19.8. The minimum atomic E-state index is -2.95. The molecule has 0 saturated carbocycles. The van der Waals surface area contributed by atoms with Crippen LogP contribution in [0.15, 0.2) is 36.4 Å². The largest absolute Gasteiger partial charge is 0.496 e. The smallest absolute Gasteiger partial charge is 0.387 e. The van der Waals surface area contributed by atoms with Crippen molar-refractivity contribution >= 4 is 17.5 Å². The van der Waals surface area contributed by atoms with Gasteiger partial charge in [-0.05, 0) is 35.9 Å². The van der Waals surface area contributed by atoms with Crippen LogP contribution in [0.4, 0.5) is 8.78 Å². The van der Waals surface area contributed by atoms with E-state index in [2.05, 4.69) is 4.74 Å². The third-order valence-corrected chi connectivity index (χ3v) is 3.84. The van der Waals surface area contributed by atoms with Gasteiger partial charge in [0.1, 0.15) is 5.75 Å². The third kappa shape index (κ3) is 4.76. The second-order valence-electron chi connectivity index (χ2n) is 5.37. The number of hydrogen-bond donors (Lipinski definition) is 0. The summed E-state index contributed by atoms with van der Waals surface area (Å²) in [5.74, 6) is 0.185. The van der Waals surface area contributed by atoms with E-state index in [9.17, 15) is 13.6 Å². The van der Waals surface area contributed by atoms with Gasteiger partial charge in [0.2, 0.25) is 0 Å². The third-order valence-electron chi connectivity index (χ3n) is 3.60. The van der Waals surface area contributed by atoms with E-state index in [4.69, 9.17) is 21.1 Å². The highest BCUT2D eigenvalue weighted by atomic mass is 35.5. The Bertz CT molecular complexity index is 786. The van der Waals surface area contributed by atoms with Crippen LogP contribution < -0.4 is 14.2 Å². The van der Waals surface area contributed by atoms with Crippen molar-refractivity contribution < 1.29 is 27.8 Å². The van der Waals surface area contributed by atoms with E-state index < -0.39 is 6.61 Å². The zero-order chi connectivity index (χ0) is 19.3. The SMILES string of the molecule is COc1cc(CN(C)C(=O)c2ccc(Cl)cc2OC)ccc1OC(F)F. The van der Waals surface area contributed by atoms with Gasteiger partial charge in [-0.3, -0.25) is 4.79 Å². The number of amides is 1. The summed E-state index contributed by atoms with van der Waals surface area (Å²) in [5.41, 5.74) is 1.05. The molecule has 2 rings (SSSR count). The molecule has 0 aliphatic carbocycles. The van der Waals surface area contributed by atoms with Crippen LogP contribution in [0.25, 0.3) is 0 Å². The molecule has 0 aliphatic rings. The van der Waals surface area contributed by atoms with E-state index in [1.54, 1.807) is 37.4 Å². The molecule has 0 bridgehead atoms. The summed E-state index contributed by atoms with van der Waals surface area (Å²) in [6, 6.07) is 9.25. The minimum absolute atomic E-state index is 0.0698. The van der Waals surface area contributed by atoms with Crippen molar-refractivity contribution in [2.75, 3.05) is 21.3 Å². The Balaban J connectivity index is 2.19. The molecule has 0 unspecified atom stereocenters. The lowest BCUT2D eigenvalue weighted by Gasteiger charge is -2.20. The maximum atomic E-state index is 12.7. The summed E-state index contributed by atoms with van der Waals surface area (Å²) in [6.45, 7) is -2.72. The molecule has 0 fully saturated rings. The molecule has 1 amide bonds. The summed E-state index contributed by atoms with van der Waals surface area (Å²) in [4.78, 5) is 14.1. The van der Waals surface area contributed by atoms with Gasteiger partial charge in [-0.2, -0.15) is 8.78 Å². The molecule has 8 heteroatoms. The van der Waals surface area contributed by atoms with Gasteiger partial charge in [-0.1, -0.05) is 17.7 Å². The quantitative estimate of drug-likeness (QED) is 0.715. The van der Waals surface area contributed by atoms with Crippen molar-refractivity contribution in [3.63, 3.8) is 0 Å². The Morgan fingerprint density at radius 2 is 1.77 bits per heavy atom. The maximum Gasteiger partial charge on any atom is 0.387 e. The average molecular weight is 386 g/mol. The summed E-state index contributed by atoms with van der Waals surface area (Å²) in [7, 11) is 4.42. The fraction of sp³-hybridized carbons (Fsp3) is 0.278. The number of benzene rings is 2. The molecule has 5 nitrogen and oxygen atoms in total. The molecule has 0 heterocycles. The van der Waals surface area contributed by atoms with Crippen LogP contribution in [0.2, 0.25) is 5.02 Å². The first-order valence-corrected chi connectivity index (χ1v) is 7.94. The average Bonchev–Trinajstić information content (AvgIpc) is 2.61. The molecule has 0 aromatic heterocycles. The highest BCUT2D eigenvalue weighted by molar-refractivity contribution is 6.30. The molecule has 2 aromatic carbocycles. The normalized spacial score (nSPS) is 10.6. The van der Waals surface area contributed by atoms with Gasteiger partial charge in [0.05, 0.1) is 19.8 Å². The van der Waals surface area contributed by atoms with E-state index >= 15 is 0 Å². The highest BCUT2D eigenvalue weighted by Crippen LogP contribution is 2.30. The zero-order valence-corrected chi connectivity index (χ0v) is 15.2. The number of alkyl halides is 2. The van der Waals surface area contributed by atoms with Gasteiger partial charge in [0, 0.05) is 18.6 Å². The molecule has 0 saturated heterocycles. The highest BCUT2D eigenvalue weighted by Gasteiger charge is 2.18. The lowest BCUT2D eigenvalue weighted by atomic mass is 10.1. The summed E-state index contributed by atoms with van der Waals surface area (Å²) < 4.78 is 39.4. The van der Waals surface area contributed by atoms with E-state index in [0.29, 0.717) is 21.9 Å². The Kier molecular flexibility index (Phi) is 6.63. The number of carbonyl (C=O) groups is 1. The van der Waals surface area contributed by atoms with Crippen LogP contribution in [0.1, 0.15) is 15.9 Å². The van der Waals surface area contributed by atoms with Gasteiger partial charge in [-0.25, -0.2) is 0 Å². The van der Waals surface area contributed by atoms with Gasteiger partial charge in [-0.15, -0.1) is 0 Å². The Hall–Kier alpha value is -2.54. The summed E-state index contributed by atoms with van der Waals surface area (Å²) in [5, 5.41) is 0.459. The Labute approximate surface area is 155 Å². The van der Waals surface area contributed by atoms with Crippen molar-refractivity contribution in [1.29, 1.82) is 0 Å². The lowest BCUT2D eigenvalue weighted by molar-refractivity contribution is -0.0512. The fourth-order valence-electron chi connectivity index (χ4n) is 2.40. The van der Waals surface area contributed by atoms with Gasteiger partial charge < -0.3 is 19.1 Å². The number of ether oxygens (including phenoxy) is 3. The van der Waals surface area contributed by atoms with Crippen LogP contribution in [-0.2, 0) is 6.54 Å². The maximum absolute atomic E-state index is 12.7. The monoisotopic (exact) mass is 385 g/mol. The zero-order valence-electron chi connectivity index (χ0n) is 14.5. The first-order valence-electron chi connectivity index (χ1n) is 7.56. The van der Waals surface area contributed by atoms with Crippen molar-refractivity contribution in [2.45, 2.75) is 13.2 Å². The fourth-order valence-corrected chi connectivity index (χ4v) is 2.56. The van der Waals surface area contributed by atoms with Crippen molar-refractivity contribution in [3.8, 4) is 17.2 Å². The molecule has 26 heavy (non-hydrogen) atoms. The molecule has 0 spiro atoms. The minimum Gasteiger partial charge on any atom is -0.496 e. The van der Waals surface area contributed by atoms with Crippen LogP contribution in [0, 0.1) is 0 Å². The van der Waals surface area contributed by atoms with Crippen molar-refractivity contribution in [3.05, 3.63) is 52.5 Å². The number of carbonyl (C=O) groups excluding carboxylic acids is 1. The number of rotatable bonds is 7.